The molecule has 3 aromatic rings. The predicted octanol–water partition coefficient (Wildman–Crippen LogP) is 5.03. The van der Waals surface area contributed by atoms with Gasteiger partial charge >= 0.3 is 6.03 Å². The van der Waals surface area contributed by atoms with E-state index in [1.165, 1.54) is 17.0 Å². The molecular weight excluding hydrogens is 425 g/mol. The molecule has 7 heteroatoms. The highest BCUT2D eigenvalue weighted by Crippen LogP contribution is 2.40. The quantitative estimate of drug-likeness (QED) is 0.571. The van der Waals surface area contributed by atoms with Crippen molar-refractivity contribution in [2.24, 2.45) is 5.92 Å². The van der Waals surface area contributed by atoms with Crippen LogP contribution in [0.25, 0.3) is 11.1 Å². The summed E-state index contributed by atoms with van der Waals surface area (Å²) in [5.74, 6) is -0.0973. The number of rotatable bonds is 3. The number of halogens is 1. The van der Waals surface area contributed by atoms with Gasteiger partial charge in [-0.15, -0.1) is 11.8 Å². The number of hydrogen-bond acceptors (Lipinski definition) is 3. The fraction of sp³-hybridized carbons (Fsp3) is 0.280. The third-order valence-electron chi connectivity index (χ3n) is 6.35. The van der Waals surface area contributed by atoms with Gasteiger partial charge in [0.1, 0.15) is 5.82 Å². The van der Waals surface area contributed by atoms with Crippen molar-refractivity contribution in [1.29, 1.82) is 0 Å². The summed E-state index contributed by atoms with van der Waals surface area (Å²) < 4.78 is 15.4. The lowest BCUT2D eigenvalue weighted by molar-refractivity contribution is 0.140. The Morgan fingerprint density at radius 2 is 1.88 bits per heavy atom. The molecule has 2 unspecified atom stereocenters. The highest BCUT2D eigenvalue weighted by Gasteiger charge is 2.37. The summed E-state index contributed by atoms with van der Waals surface area (Å²) in [6.45, 7) is 1.71. The lowest BCUT2D eigenvalue weighted by Crippen LogP contribution is -2.50. The van der Waals surface area contributed by atoms with E-state index in [1.807, 2.05) is 16.9 Å². The number of hydrogen-bond donors (Lipinski definition) is 1. The Labute approximate surface area is 190 Å². The number of carbonyl (C=O) groups excluding carboxylic acids is 1. The summed E-state index contributed by atoms with van der Waals surface area (Å²) in [6, 6.07) is 17.6. The highest BCUT2D eigenvalue weighted by molar-refractivity contribution is 7.98. The predicted molar refractivity (Wildman–Crippen MR) is 126 cm³/mol. The zero-order chi connectivity index (χ0) is 22.2. The van der Waals surface area contributed by atoms with Crippen molar-refractivity contribution in [2.75, 3.05) is 24.7 Å². The van der Waals surface area contributed by atoms with Gasteiger partial charge in [0.2, 0.25) is 0 Å². The molecule has 1 fully saturated rings. The second-order valence-corrected chi connectivity index (χ2v) is 9.33. The van der Waals surface area contributed by atoms with E-state index in [1.54, 1.807) is 34.9 Å². The number of pyridine rings is 1. The van der Waals surface area contributed by atoms with E-state index in [4.69, 9.17) is 0 Å². The third kappa shape index (κ3) is 3.93. The van der Waals surface area contributed by atoms with Crippen LogP contribution in [0.4, 0.5) is 14.9 Å². The topological polar surface area (TPSA) is 54.3 Å². The molecule has 3 heterocycles. The number of urea groups is 1. The first-order valence-electron chi connectivity index (χ1n) is 10.7. The monoisotopic (exact) mass is 449 g/mol. The minimum absolute atomic E-state index is 0.0110. The van der Waals surface area contributed by atoms with Crippen LogP contribution in [-0.2, 0) is 6.54 Å². The molecule has 1 N–H and O–H groups in total. The van der Waals surface area contributed by atoms with Crippen molar-refractivity contribution in [2.45, 2.75) is 23.8 Å². The summed E-state index contributed by atoms with van der Waals surface area (Å²) in [5, 5.41) is 2.81. The number of thioether (sulfide) groups is 1. The minimum atomic E-state index is -0.385. The van der Waals surface area contributed by atoms with Gasteiger partial charge in [-0.25, -0.2) is 9.18 Å². The Kier molecular flexibility index (Phi) is 5.51. The first kappa shape index (κ1) is 20.8. The standard InChI is InChI=1S/C25H24FN3O2S/c1-32-21-7-5-17(6-8-21)22-9-10-23(30)29-14-16-11-18(24(22)29)15-28(13-16)25(31)27-20-4-2-3-19(26)12-20/h2-10,12,16,18H,11,13-15H2,1H3,(H,27,31). The Balaban J connectivity index is 1.45. The maximum atomic E-state index is 13.5. The molecule has 5 rings (SSSR count). The van der Waals surface area contributed by atoms with Crippen LogP contribution in [0.2, 0.25) is 0 Å². The van der Waals surface area contributed by atoms with Gasteiger partial charge < -0.3 is 14.8 Å². The van der Waals surface area contributed by atoms with Crippen LogP contribution in [0.3, 0.4) is 0 Å². The Morgan fingerprint density at radius 3 is 2.62 bits per heavy atom. The summed E-state index contributed by atoms with van der Waals surface area (Å²) in [5.41, 5.74) is 3.59. The zero-order valence-electron chi connectivity index (χ0n) is 17.8. The first-order chi connectivity index (χ1) is 15.5. The normalized spacial score (nSPS) is 19.4. The van der Waals surface area contributed by atoms with Crippen LogP contribution >= 0.6 is 11.8 Å². The highest BCUT2D eigenvalue weighted by atomic mass is 32.2. The number of nitrogens with zero attached hydrogens (tertiary/aromatic N) is 2. The summed E-state index contributed by atoms with van der Waals surface area (Å²) in [4.78, 5) is 28.6. The largest absolute Gasteiger partial charge is 0.324 e. The lowest BCUT2D eigenvalue weighted by atomic mass is 9.80. The average molecular weight is 450 g/mol. The number of anilines is 1. The first-order valence-corrected chi connectivity index (χ1v) is 11.9. The number of carbonyl (C=O) groups is 1. The van der Waals surface area contributed by atoms with Crippen LogP contribution in [-0.4, -0.2) is 34.8 Å². The van der Waals surface area contributed by atoms with Crippen molar-refractivity contribution >= 4 is 23.5 Å². The fourth-order valence-corrected chi connectivity index (χ4v) is 5.37. The summed E-state index contributed by atoms with van der Waals surface area (Å²) >= 11 is 1.69. The van der Waals surface area contributed by atoms with E-state index < -0.39 is 0 Å². The number of piperidine rings is 1. The van der Waals surface area contributed by atoms with Gasteiger partial charge in [-0.2, -0.15) is 0 Å². The maximum Gasteiger partial charge on any atom is 0.321 e. The fourth-order valence-electron chi connectivity index (χ4n) is 4.96. The van der Waals surface area contributed by atoms with Gasteiger partial charge in [-0.1, -0.05) is 18.2 Å². The van der Waals surface area contributed by atoms with Gasteiger partial charge in [0.15, 0.2) is 0 Å². The summed E-state index contributed by atoms with van der Waals surface area (Å²) in [7, 11) is 0. The molecule has 32 heavy (non-hydrogen) atoms. The number of fused-ring (bicyclic) bond motifs is 4. The molecule has 0 radical (unpaired) electrons. The Morgan fingerprint density at radius 1 is 1.06 bits per heavy atom. The van der Waals surface area contributed by atoms with E-state index in [9.17, 15) is 14.0 Å². The molecule has 1 aromatic heterocycles. The molecular formula is C25H24FN3O2S. The second kappa shape index (κ2) is 8.47. The van der Waals surface area contributed by atoms with Crippen LogP contribution in [0.1, 0.15) is 18.0 Å². The van der Waals surface area contributed by atoms with Crippen LogP contribution < -0.4 is 10.9 Å². The number of aromatic nitrogens is 1. The zero-order valence-corrected chi connectivity index (χ0v) is 18.6. The Hall–Kier alpha value is -3.06. The minimum Gasteiger partial charge on any atom is -0.324 e. The molecule has 2 atom stereocenters. The number of likely N-dealkylation sites (tertiary alicyclic amines) is 1. The van der Waals surface area contributed by atoms with Gasteiger partial charge in [-0.05, 0) is 60.6 Å². The molecule has 1 saturated heterocycles. The molecule has 5 nitrogen and oxygen atoms in total. The van der Waals surface area contributed by atoms with Crippen molar-refractivity contribution in [1.82, 2.24) is 9.47 Å². The van der Waals surface area contributed by atoms with Crippen molar-refractivity contribution in [3.63, 3.8) is 0 Å². The molecule has 2 amide bonds. The third-order valence-corrected chi connectivity index (χ3v) is 7.10. The van der Waals surface area contributed by atoms with Crippen LogP contribution in [0.5, 0.6) is 0 Å². The Bertz CT molecular complexity index is 1220. The van der Waals surface area contributed by atoms with Crippen LogP contribution in [0, 0.1) is 11.7 Å². The number of nitrogens with one attached hydrogen (secondary N) is 1. The number of benzene rings is 2. The van der Waals surface area contributed by atoms with Crippen molar-refractivity contribution in [3.8, 4) is 11.1 Å². The van der Waals surface area contributed by atoms with E-state index in [-0.39, 0.29) is 29.2 Å². The van der Waals surface area contributed by atoms with E-state index >= 15 is 0 Å². The SMILES string of the molecule is CSc1ccc(-c2ccc(=O)n3c2C2CC(CN(C(=O)Nc4cccc(F)c4)C2)C3)cc1. The van der Waals surface area contributed by atoms with Gasteiger partial charge in [-0.3, -0.25) is 4.79 Å². The van der Waals surface area contributed by atoms with Gasteiger partial charge in [0.25, 0.3) is 5.56 Å². The van der Waals surface area contributed by atoms with Crippen LogP contribution in [0.15, 0.2) is 70.4 Å². The molecule has 2 bridgehead atoms. The van der Waals surface area contributed by atoms with E-state index in [0.717, 1.165) is 23.2 Å². The number of amides is 2. The van der Waals surface area contributed by atoms with E-state index in [2.05, 4.69) is 29.6 Å². The van der Waals surface area contributed by atoms with Crippen molar-refractivity contribution < 1.29 is 9.18 Å². The lowest BCUT2D eigenvalue weighted by Gasteiger charge is -2.43. The van der Waals surface area contributed by atoms with E-state index in [0.29, 0.717) is 25.3 Å². The molecule has 0 aliphatic carbocycles. The summed E-state index contributed by atoms with van der Waals surface area (Å²) in [6.07, 6.45) is 2.99. The molecule has 164 valence electrons. The molecule has 2 aliphatic heterocycles. The maximum absolute atomic E-state index is 13.5. The average Bonchev–Trinajstić information content (AvgIpc) is 2.80. The van der Waals surface area contributed by atoms with Gasteiger partial charge in [0.05, 0.1) is 0 Å². The molecule has 2 aliphatic rings. The molecule has 0 spiro atoms. The smallest absolute Gasteiger partial charge is 0.321 e. The van der Waals surface area contributed by atoms with Crippen molar-refractivity contribution in [3.05, 3.63) is 82.5 Å². The molecule has 0 saturated carbocycles. The molecule has 2 aromatic carbocycles. The van der Waals surface area contributed by atoms with Gasteiger partial charge in [0, 0.05) is 53.5 Å². The second-order valence-electron chi connectivity index (χ2n) is 8.45.